The van der Waals surface area contributed by atoms with Crippen LogP contribution in [0.2, 0.25) is 0 Å². The summed E-state index contributed by atoms with van der Waals surface area (Å²) in [5.41, 5.74) is 0. The Balaban J connectivity index is 0. The van der Waals surface area contributed by atoms with Crippen molar-refractivity contribution in [3.05, 3.63) is 12.7 Å². The lowest BCUT2D eigenvalue weighted by Gasteiger charge is -1.74. The fourth-order valence-electron chi connectivity index (χ4n) is 0. The molecule has 0 aromatic rings. The summed E-state index contributed by atoms with van der Waals surface area (Å²) in [5.74, 6) is -0.981. The van der Waals surface area contributed by atoms with Gasteiger partial charge in [0.1, 0.15) is 0 Å². The Kier molecular flexibility index (Phi) is 8.94. The molecular formula is C3H6O6S2. The number of carbonyl (C=O) groups is 1. The topological polar surface area (TPSA) is 112 Å². The molecule has 3 N–H and O–H groups in total. The molecule has 0 aromatic heterocycles. The molecule has 0 heterocycles. The number of aliphatic carboxylic acids is 1. The highest BCUT2D eigenvalue weighted by Gasteiger charge is 1.95. The highest BCUT2D eigenvalue weighted by Crippen LogP contribution is 1.74. The van der Waals surface area contributed by atoms with Gasteiger partial charge in [-0.15, -0.1) is 0 Å². The second kappa shape index (κ2) is 7.54. The Labute approximate surface area is 66.9 Å². The second-order valence-electron chi connectivity index (χ2n) is 0.977. The van der Waals surface area contributed by atoms with Crippen LogP contribution in [0.5, 0.6) is 0 Å². The molecule has 0 radical (unpaired) electrons. The van der Waals surface area contributed by atoms with E-state index < -0.39 is 26.2 Å². The van der Waals surface area contributed by atoms with Crippen molar-refractivity contribution in [1.82, 2.24) is 0 Å². The number of rotatable bonds is 2. The Morgan fingerprint density at radius 2 is 1.45 bits per heavy atom. The zero-order chi connectivity index (χ0) is 9.44. The van der Waals surface area contributed by atoms with Crippen molar-refractivity contribution in [2.75, 3.05) is 0 Å². The van der Waals surface area contributed by atoms with Gasteiger partial charge < -0.3 is 5.11 Å². The second-order valence-corrected chi connectivity index (χ2v) is 3.56. The molecule has 0 amide bonds. The van der Waals surface area contributed by atoms with E-state index in [2.05, 4.69) is 6.58 Å². The van der Waals surface area contributed by atoms with Crippen molar-refractivity contribution in [2.24, 2.45) is 0 Å². The third kappa shape index (κ3) is 17.7. The first kappa shape index (κ1) is 13.1. The van der Waals surface area contributed by atoms with Crippen molar-refractivity contribution < 1.29 is 27.4 Å². The van der Waals surface area contributed by atoms with Crippen LogP contribution in [0.4, 0.5) is 0 Å². The molecule has 0 saturated heterocycles. The van der Waals surface area contributed by atoms with E-state index in [1.54, 1.807) is 0 Å². The van der Waals surface area contributed by atoms with Crippen molar-refractivity contribution in [3.63, 3.8) is 0 Å². The molecule has 0 fully saturated rings. The number of carboxylic acids is 1. The van der Waals surface area contributed by atoms with E-state index in [4.69, 9.17) is 14.2 Å². The van der Waals surface area contributed by atoms with Crippen LogP contribution in [0.15, 0.2) is 12.7 Å². The van der Waals surface area contributed by atoms with Gasteiger partial charge in [0.15, 0.2) is 0 Å². The molecule has 0 aliphatic rings. The quantitative estimate of drug-likeness (QED) is 0.319. The minimum atomic E-state index is -2.59. The summed E-state index contributed by atoms with van der Waals surface area (Å²) in [6, 6.07) is 0. The van der Waals surface area contributed by atoms with E-state index in [0.717, 1.165) is 6.08 Å². The molecule has 0 spiro atoms. The van der Waals surface area contributed by atoms with Gasteiger partial charge in [0.05, 0.1) is 0 Å². The Bertz CT molecular complexity index is 174. The van der Waals surface area contributed by atoms with Crippen LogP contribution in [0.3, 0.4) is 0 Å². The van der Waals surface area contributed by atoms with Gasteiger partial charge in [-0.2, -0.15) is 0 Å². The average molecular weight is 202 g/mol. The fourth-order valence-corrected chi connectivity index (χ4v) is 0. The number of hydrogen-bond donors (Lipinski definition) is 3. The summed E-state index contributed by atoms with van der Waals surface area (Å²) in [6.45, 7) is 2.96. The molecule has 11 heavy (non-hydrogen) atoms. The van der Waals surface area contributed by atoms with Gasteiger partial charge in [0, 0.05) is 6.08 Å². The standard InChI is InChI=1S/C3H4O2.H2O4S2/c1-2-3(4)5;1-5(2)6(3)4/h2H,1H2,(H,4,5);(H,1,2)(H,3,4). The van der Waals surface area contributed by atoms with E-state index in [9.17, 15) is 13.2 Å². The summed E-state index contributed by atoms with van der Waals surface area (Å²) in [6.07, 6.45) is 0.833. The van der Waals surface area contributed by atoms with Gasteiger partial charge in [-0.05, 0) is 0 Å². The Morgan fingerprint density at radius 3 is 1.45 bits per heavy atom. The van der Waals surface area contributed by atoms with Crippen molar-refractivity contribution in [2.45, 2.75) is 0 Å². The maximum absolute atomic E-state index is 9.26. The number of carboxylic acid groups (broad SMARTS) is 1. The van der Waals surface area contributed by atoms with Crippen LogP contribution in [0.25, 0.3) is 0 Å². The fraction of sp³-hybridized carbons (Fsp3) is 0. The van der Waals surface area contributed by atoms with Crippen LogP contribution < -0.4 is 0 Å². The van der Waals surface area contributed by atoms with Gasteiger partial charge in [-0.1, -0.05) is 6.58 Å². The van der Waals surface area contributed by atoms with Gasteiger partial charge in [0.25, 0.3) is 20.2 Å². The van der Waals surface area contributed by atoms with E-state index in [1.807, 2.05) is 0 Å². The van der Waals surface area contributed by atoms with Crippen molar-refractivity contribution in [3.8, 4) is 0 Å². The molecular weight excluding hydrogens is 196 g/mol. The molecule has 0 rings (SSSR count). The summed E-state index contributed by atoms with van der Waals surface area (Å²) in [7, 11) is -5.18. The molecule has 0 aromatic carbocycles. The highest BCUT2D eigenvalue weighted by molar-refractivity contribution is 8.56. The van der Waals surface area contributed by atoms with Crippen molar-refractivity contribution in [1.29, 1.82) is 0 Å². The lowest BCUT2D eigenvalue weighted by atomic mass is 10.7. The summed E-state index contributed by atoms with van der Waals surface area (Å²) >= 11 is 0. The third-order valence-electron chi connectivity index (χ3n) is 0.297. The molecule has 2 unspecified atom stereocenters. The zero-order valence-corrected chi connectivity index (χ0v) is 6.80. The molecule has 0 aliphatic carbocycles. The normalized spacial score (nSPS) is 13.6. The van der Waals surface area contributed by atoms with Crippen LogP contribution in [0, 0.1) is 0 Å². The number of hydrogen-bond acceptors (Lipinski definition) is 3. The first-order valence-corrected chi connectivity index (χ1v) is 4.72. The Morgan fingerprint density at radius 1 is 1.27 bits per heavy atom. The predicted octanol–water partition coefficient (Wildman–Crippen LogP) is -0.398. The van der Waals surface area contributed by atoms with E-state index >= 15 is 0 Å². The smallest absolute Gasteiger partial charge is 0.327 e. The molecule has 0 bridgehead atoms. The highest BCUT2D eigenvalue weighted by atomic mass is 33.2. The third-order valence-corrected chi connectivity index (χ3v) is 1.27. The van der Waals surface area contributed by atoms with Crippen LogP contribution in [0.1, 0.15) is 0 Å². The SMILES string of the molecule is C=CC(=O)O.O=S(O)S(=O)O. The lowest BCUT2D eigenvalue weighted by Crippen LogP contribution is -1.93. The van der Waals surface area contributed by atoms with Crippen LogP contribution >= 0.6 is 0 Å². The zero-order valence-electron chi connectivity index (χ0n) is 5.17. The maximum Gasteiger partial charge on any atom is 0.327 e. The summed E-state index contributed by atoms with van der Waals surface area (Å²) in [4.78, 5) is 9.25. The lowest BCUT2D eigenvalue weighted by molar-refractivity contribution is -0.131. The van der Waals surface area contributed by atoms with Gasteiger partial charge in [-0.25, -0.2) is 13.2 Å². The van der Waals surface area contributed by atoms with Crippen molar-refractivity contribution >= 4 is 26.2 Å². The van der Waals surface area contributed by atoms with E-state index in [-0.39, 0.29) is 0 Å². The average Bonchev–Trinajstić information content (AvgIpc) is 1.89. The largest absolute Gasteiger partial charge is 0.478 e. The van der Waals surface area contributed by atoms with E-state index in [0.29, 0.717) is 0 Å². The first-order chi connectivity index (χ1) is 4.91. The first-order valence-electron chi connectivity index (χ1n) is 1.99. The van der Waals surface area contributed by atoms with Gasteiger partial charge in [0.2, 0.25) is 0 Å². The molecule has 0 aliphatic heterocycles. The maximum atomic E-state index is 9.26. The minimum Gasteiger partial charge on any atom is -0.478 e. The predicted molar refractivity (Wildman–Crippen MR) is 39.4 cm³/mol. The molecule has 2 atom stereocenters. The molecule has 6 nitrogen and oxygen atoms in total. The molecule has 0 saturated carbocycles. The van der Waals surface area contributed by atoms with E-state index in [1.165, 1.54) is 0 Å². The molecule has 8 heteroatoms. The van der Waals surface area contributed by atoms with Gasteiger partial charge in [-0.3, -0.25) is 9.11 Å². The summed E-state index contributed by atoms with van der Waals surface area (Å²) in [5, 5.41) is 7.60. The minimum absolute atomic E-state index is 0.833. The molecule has 66 valence electrons. The van der Waals surface area contributed by atoms with Gasteiger partial charge >= 0.3 is 5.97 Å². The van der Waals surface area contributed by atoms with Crippen LogP contribution in [-0.4, -0.2) is 28.6 Å². The van der Waals surface area contributed by atoms with Crippen LogP contribution in [-0.2, 0) is 25.0 Å². The summed E-state index contributed by atoms with van der Waals surface area (Å²) < 4.78 is 33.6. The Hall–Kier alpha value is -0.570. The monoisotopic (exact) mass is 202 g/mol.